The van der Waals surface area contributed by atoms with Crippen molar-refractivity contribution in [2.75, 3.05) is 0 Å². The summed E-state index contributed by atoms with van der Waals surface area (Å²) in [6, 6.07) is 12.0. The zero-order valence-electron chi connectivity index (χ0n) is 9.98. The number of hydrogen-bond donors (Lipinski definition) is 2. The summed E-state index contributed by atoms with van der Waals surface area (Å²) in [5, 5.41) is 15.5. The third kappa shape index (κ3) is 2.48. The van der Waals surface area contributed by atoms with Crippen molar-refractivity contribution in [3.8, 4) is 5.75 Å². The van der Waals surface area contributed by atoms with Gasteiger partial charge in [-0.1, -0.05) is 36.4 Å². The van der Waals surface area contributed by atoms with Crippen LogP contribution in [0.2, 0.25) is 0 Å². The van der Waals surface area contributed by atoms with Gasteiger partial charge in [-0.15, -0.1) is 6.58 Å². The van der Waals surface area contributed by atoms with E-state index >= 15 is 0 Å². The molecule has 0 amide bonds. The Morgan fingerprint density at radius 3 is 2.82 bits per heavy atom. The van der Waals surface area contributed by atoms with Crippen molar-refractivity contribution in [2.24, 2.45) is 0 Å². The van der Waals surface area contributed by atoms with Crippen molar-refractivity contribution in [3.63, 3.8) is 0 Å². The Labute approximate surface area is 102 Å². The normalized spacial score (nSPS) is 12.5. The quantitative estimate of drug-likeness (QED) is 0.786. The molecule has 2 nitrogen and oxygen atoms in total. The summed E-state index contributed by atoms with van der Waals surface area (Å²) in [6.45, 7) is 6.41. The molecule has 1 unspecified atom stereocenters. The maximum Gasteiger partial charge on any atom is 0.120 e. The van der Waals surface area contributed by atoms with Crippen LogP contribution in [0.1, 0.15) is 12.5 Å². The Balaban J connectivity index is 2.37. The average Bonchev–Trinajstić information content (AvgIpc) is 2.37. The molecular weight excluding hydrogens is 210 g/mol. The van der Waals surface area contributed by atoms with Gasteiger partial charge in [-0.05, 0) is 23.8 Å². The van der Waals surface area contributed by atoms with E-state index in [9.17, 15) is 5.11 Å². The largest absolute Gasteiger partial charge is 0.508 e. The van der Waals surface area contributed by atoms with Gasteiger partial charge in [0.05, 0.1) is 0 Å². The highest BCUT2D eigenvalue weighted by Gasteiger charge is 2.06. The molecule has 0 saturated heterocycles. The van der Waals surface area contributed by atoms with Crippen molar-refractivity contribution in [2.45, 2.75) is 19.5 Å². The van der Waals surface area contributed by atoms with Crippen molar-refractivity contribution in [1.29, 1.82) is 0 Å². The molecule has 0 aliphatic rings. The van der Waals surface area contributed by atoms with E-state index in [1.807, 2.05) is 37.3 Å². The molecule has 0 bridgehead atoms. The second kappa shape index (κ2) is 5.02. The maximum absolute atomic E-state index is 9.93. The minimum Gasteiger partial charge on any atom is -0.508 e. The molecule has 0 aliphatic heterocycles. The van der Waals surface area contributed by atoms with E-state index in [-0.39, 0.29) is 6.04 Å². The van der Waals surface area contributed by atoms with E-state index < -0.39 is 0 Å². The monoisotopic (exact) mass is 227 g/mol. The minimum atomic E-state index is 0.230. The molecule has 2 N–H and O–H groups in total. The van der Waals surface area contributed by atoms with E-state index in [1.54, 1.807) is 6.07 Å². The van der Waals surface area contributed by atoms with E-state index in [4.69, 9.17) is 0 Å². The molecule has 88 valence electrons. The third-order valence-electron chi connectivity index (χ3n) is 2.97. The summed E-state index contributed by atoms with van der Waals surface area (Å²) in [5.41, 5.74) is 0.941. The average molecular weight is 227 g/mol. The SMILES string of the molecule is C=CC(C)NCc1c(O)ccc2ccccc12. The Hall–Kier alpha value is -1.80. The van der Waals surface area contributed by atoms with Crippen LogP contribution in [-0.4, -0.2) is 11.1 Å². The van der Waals surface area contributed by atoms with Gasteiger partial charge in [-0.3, -0.25) is 0 Å². The standard InChI is InChI=1S/C15H17NO/c1-3-11(2)16-10-14-13-7-5-4-6-12(13)8-9-15(14)17/h3-9,11,16-17H,1,10H2,2H3. The van der Waals surface area contributed by atoms with Crippen LogP contribution in [0.4, 0.5) is 0 Å². The van der Waals surface area contributed by atoms with Crippen LogP contribution in [0.25, 0.3) is 10.8 Å². The van der Waals surface area contributed by atoms with E-state index in [2.05, 4.69) is 18.0 Å². The zero-order chi connectivity index (χ0) is 12.3. The van der Waals surface area contributed by atoms with Gasteiger partial charge in [0, 0.05) is 18.2 Å². The van der Waals surface area contributed by atoms with Crippen molar-refractivity contribution >= 4 is 10.8 Å². The topological polar surface area (TPSA) is 32.3 Å². The van der Waals surface area contributed by atoms with Gasteiger partial charge in [0.1, 0.15) is 5.75 Å². The molecule has 0 heterocycles. The first-order valence-corrected chi connectivity index (χ1v) is 5.78. The summed E-state index contributed by atoms with van der Waals surface area (Å²) in [7, 11) is 0. The number of benzene rings is 2. The van der Waals surface area contributed by atoms with Gasteiger partial charge in [-0.2, -0.15) is 0 Å². The number of nitrogens with one attached hydrogen (secondary N) is 1. The van der Waals surface area contributed by atoms with Crippen LogP contribution >= 0.6 is 0 Å². The molecule has 2 aromatic rings. The highest BCUT2D eigenvalue weighted by atomic mass is 16.3. The first-order valence-electron chi connectivity index (χ1n) is 5.78. The summed E-state index contributed by atoms with van der Waals surface area (Å²) in [5.74, 6) is 0.340. The second-order valence-corrected chi connectivity index (χ2v) is 4.19. The van der Waals surface area contributed by atoms with Crippen LogP contribution in [0.5, 0.6) is 5.75 Å². The number of aromatic hydroxyl groups is 1. The first-order chi connectivity index (χ1) is 8.22. The molecule has 0 saturated carbocycles. The predicted octanol–water partition coefficient (Wildman–Crippen LogP) is 3.21. The molecule has 1 atom stereocenters. The van der Waals surface area contributed by atoms with Gasteiger partial charge < -0.3 is 10.4 Å². The maximum atomic E-state index is 9.93. The highest BCUT2D eigenvalue weighted by molar-refractivity contribution is 5.87. The Bertz CT molecular complexity index is 533. The molecule has 0 spiro atoms. The molecule has 2 heteroatoms. The lowest BCUT2D eigenvalue weighted by molar-refractivity contribution is 0.464. The summed E-state index contributed by atoms with van der Waals surface area (Å²) >= 11 is 0. The molecule has 2 aromatic carbocycles. The molecule has 0 aromatic heterocycles. The van der Waals surface area contributed by atoms with E-state index in [0.717, 1.165) is 16.3 Å². The highest BCUT2D eigenvalue weighted by Crippen LogP contribution is 2.26. The van der Waals surface area contributed by atoms with Gasteiger partial charge >= 0.3 is 0 Å². The molecule has 17 heavy (non-hydrogen) atoms. The number of phenolic OH excluding ortho intramolecular Hbond substituents is 1. The van der Waals surface area contributed by atoms with Crippen LogP contribution in [0.3, 0.4) is 0 Å². The number of phenols is 1. The molecule has 0 aliphatic carbocycles. The van der Waals surface area contributed by atoms with Crippen LogP contribution < -0.4 is 5.32 Å². The predicted molar refractivity (Wildman–Crippen MR) is 72.1 cm³/mol. The lowest BCUT2D eigenvalue weighted by atomic mass is 10.0. The zero-order valence-corrected chi connectivity index (χ0v) is 9.98. The molecule has 0 fully saturated rings. The first kappa shape index (κ1) is 11.7. The summed E-state index contributed by atoms with van der Waals surface area (Å²) < 4.78 is 0. The number of rotatable bonds is 4. The van der Waals surface area contributed by atoms with Gasteiger partial charge in [0.25, 0.3) is 0 Å². The fourth-order valence-corrected chi connectivity index (χ4v) is 1.86. The van der Waals surface area contributed by atoms with Crippen molar-refractivity contribution in [1.82, 2.24) is 5.32 Å². The summed E-state index contributed by atoms with van der Waals surface area (Å²) in [6.07, 6.45) is 1.85. The fourth-order valence-electron chi connectivity index (χ4n) is 1.86. The van der Waals surface area contributed by atoms with Crippen molar-refractivity contribution < 1.29 is 5.11 Å². The Morgan fingerprint density at radius 2 is 2.06 bits per heavy atom. The Kier molecular flexibility index (Phi) is 3.45. The van der Waals surface area contributed by atoms with E-state index in [0.29, 0.717) is 12.3 Å². The van der Waals surface area contributed by atoms with Crippen molar-refractivity contribution in [3.05, 3.63) is 54.6 Å². The lowest BCUT2D eigenvalue weighted by Crippen LogP contribution is -2.23. The number of fused-ring (bicyclic) bond motifs is 1. The van der Waals surface area contributed by atoms with Gasteiger partial charge in [0.2, 0.25) is 0 Å². The second-order valence-electron chi connectivity index (χ2n) is 4.19. The number of hydrogen-bond acceptors (Lipinski definition) is 2. The lowest BCUT2D eigenvalue weighted by Gasteiger charge is -2.12. The van der Waals surface area contributed by atoms with E-state index in [1.165, 1.54) is 0 Å². The van der Waals surface area contributed by atoms with Crippen LogP contribution in [-0.2, 0) is 6.54 Å². The minimum absolute atomic E-state index is 0.230. The summed E-state index contributed by atoms with van der Waals surface area (Å²) in [4.78, 5) is 0. The smallest absolute Gasteiger partial charge is 0.120 e. The van der Waals surface area contributed by atoms with Gasteiger partial charge in [0.15, 0.2) is 0 Å². The van der Waals surface area contributed by atoms with Gasteiger partial charge in [-0.25, -0.2) is 0 Å². The third-order valence-corrected chi connectivity index (χ3v) is 2.97. The van der Waals surface area contributed by atoms with Crippen LogP contribution in [0, 0.1) is 0 Å². The Morgan fingerprint density at radius 1 is 1.29 bits per heavy atom. The molecular formula is C15H17NO. The molecule has 2 rings (SSSR count). The van der Waals surface area contributed by atoms with Crippen LogP contribution in [0.15, 0.2) is 49.1 Å². The molecule has 0 radical (unpaired) electrons. The fraction of sp³-hybridized carbons (Fsp3) is 0.200.